The number of piperidine rings is 1. The molecule has 0 atom stereocenters. The van der Waals surface area contributed by atoms with E-state index in [0.29, 0.717) is 11.4 Å². The second kappa shape index (κ2) is 4.87. The van der Waals surface area contributed by atoms with Gasteiger partial charge in [0.25, 0.3) is 0 Å². The zero-order chi connectivity index (χ0) is 13.3. The van der Waals surface area contributed by atoms with E-state index < -0.39 is 0 Å². The molecule has 0 radical (unpaired) electrons. The maximum absolute atomic E-state index is 5.77. The Balaban J connectivity index is 1.72. The highest BCUT2D eigenvalue weighted by molar-refractivity contribution is 5.52. The van der Waals surface area contributed by atoms with Crippen molar-refractivity contribution in [1.82, 2.24) is 9.97 Å². The van der Waals surface area contributed by atoms with Crippen LogP contribution in [0.2, 0.25) is 0 Å². The Bertz CT molecular complexity index is 443. The van der Waals surface area contributed by atoms with Gasteiger partial charge in [0.2, 0.25) is 5.95 Å². The summed E-state index contributed by atoms with van der Waals surface area (Å²) in [5.41, 5.74) is 6.41. The molecule has 1 aliphatic carbocycles. The minimum absolute atomic E-state index is 0.350. The third-order valence-corrected chi connectivity index (χ3v) is 4.80. The van der Waals surface area contributed by atoms with Gasteiger partial charge in [0.05, 0.1) is 0 Å². The summed E-state index contributed by atoms with van der Waals surface area (Å²) in [7, 11) is 1.86. The molecule has 1 aromatic rings. The number of nitrogens with zero attached hydrogens (tertiary/aromatic N) is 3. The van der Waals surface area contributed by atoms with E-state index >= 15 is 0 Å². The standard InChI is InChI=1S/C14H23N5/c1-16-11-10-12(18-13(15)17-11)19-8-6-14(7-9-19)4-2-3-5-14/h10H,2-9H2,1H3,(H3,15,16,17,18). The van der Waals surface area contributed by atoms with Crippen LogP contribution in [0.15, 0.2) is 6.07 Å². The number of rotatable bonds is 2. The van der Waals surface area contributed by atoms with Gasteiger partial charge in [-0.3, -0.25) is 0 Å². The summed E-state index contributed by atoms with van der Waals surface area (Å²) < 4.78 is 0. The van der Waals surface area contributed by atoms with Crippen LogP contribution >= 0.6 is 0 Å². The van der Waals surface area contributed by atoms with Crippen molar-refractivity contribution < 1.29 is 0 Å². The Labute approximate surface area is 114 Å². The molecule has 2 heterocycles. The molecule has 0 aromatic carbocycles. The van der Waals surface area contributed by atoms with Gasteiger partial charge >= 0.3 is 0 Å². The molecule has 1 aliphatic heterocycles. The molecule has 3 N–H and O–H groups in total. The van der Waals surface area contributed by atoms with E-state index in [1.807, 2.05) is 13.1 Å². The lowest BCUT2D eigenvalue weighted by Gasteiger charge is -2.40. The lowest BCUT2D eigenvalue weighted by molar-refractivity contribution is 0.226. The van der Waals surface area contributed by atoms with Crippen LogP contribution in [0.25, 0.3) is 0 Å². The predicted molar refractivity (Wildman–Crippen MR) is 78.3 cm³/mol. The fourth-order valence-electron chi connectivity index (χ4n) is 3.58. The Morgan fingerprint density at radius 2 is 1.84 bits per heavy atom. The Morgan fingerprint density at radius 1 is 1.16 bits per heavy atom. The van der Waals surface area contributed by atoms with Gasteiger partial charge in [-0.25, -0.2) is 0 Å². The normalized spacial score (nSPS) is 21.8. The summed E-state index contributed by atoms with van der Waals surface area (Å²) >= 11 is 0. The molecule has 104 valence electrons. The van der Waals surface area contributed by atoms with Crippen molar-refractivity contribution in [2.45, 2.75) is 38.5 Å². The van der Waals surface area contributed by atoms with Crippen LogP contribution in [0.4, 0.5) is 17.6 Å². The highest BCUT2D eigenvalue weighted by Crippen LogP contribution is 2.46. The van der Waals surface area contributed by atoms with Crippen LogP contribution in [0.5, 0.6) is 0 Å². The second-order valence-corrected chi connectivity index (χ2v) is 5.91. The van der Waals surface area contributed by atoms with Crippen molar-refractivity contribution in [1.29, 1.82) is 0 Å². The van der Waals surface area contributed by atoms with Crippen LogP contribution in [0.1, 0.15) is 38.5 Å². The van der Waals surface area contributed by atoms with E-state index in [-0.39, 0.29) is 0 Å². The second-order valence-electron chi connectivity index (χ2n) is 5.91. The van der Waals surface area contributed by atoms with Gasteiger partial charge < -0.3 is 16.0 Å². The zero-order valence-electron chi connectivity index (χ0n) is 11.7. The summed E-state index contributed by atoms with van der Waals surface area (Å²) in [5.74, 6) is 2.11. The van der Waals surface area contributed by atoms with Gasteiger partial charge in [0.1, 0.15) is 11.6 Å². The molecular weight excluding hydrogens is 238 g/mol. The summed E-state index contributed by atoms with van der Waals surface area (Å²) in [6.07, 6.45) is 8.29. The van der Waals surface area contributed by atoms with Crippen LogP contribution < -0.4 is 16.0 Å². The monoisotopic (exact) mass is 261 g/mol. The number of hydrogen-bond acceptors (Lipinski definition) is 5. The van der Waals surface area contributed by atoms with Crippen LogP contribution in [-0.2, 0) is 0 Å². The van der Waals surface area contributed by atoms with Crippen molar-refractivity contribution in [3.05, 3.63) is 6.07 Å². The first kappa shape index (κ1) is 12.5. The molecule has 0 unspecified atom stereocenters. The third-order valence-electron chi connectivity index (χ3n) is 4.80. The van der Waals surface area contributed by atoms with Crippen molar-refractivity contribution in [3.8, 4) is 0 Å². The molecule has 3 rings (SSSR count). The summed E-state index contributed by atoms with van der Waals surface area (Å²) in [6.45, 7) is 2.19. The fraction of sp³-hybridized carbons (Fsp3) is 0.714. The summed E-state index contributed by atoms with van der Waals surface area (Å²) in [4.78, 5) is 10.9. The lowest BCUT2D eigenvalue weighted by Crippen LogP contribution is -2.39. The first-order valence-electron chi connectivity index (χ1n) is 7.28. The van der Waals surface area contributed by atoms with E-state index in [1.165, 1.54) is 38.5 Å². The molecule has 0 amide bonds. The van der Waals surface area contributed by atoms with Crippen LogP contribution in [0.3, 0.4) is 0 Å². The smallest absolute Gasteiger partial charge is 0.223 e. The molecule has 1 aromatic heterocycles. The van der Waals surface area contributed by atoms with Crippen molar-refractivity contribution >= 4 is 17.6 Å². The highest BCUT2D eigenvalue weighted by Gasteiger charge is 2.37. The first-order chi connectivity index (χ1) is 9.21. The third kappa shape index (κ3) is 2.46. The maximum atomic E-state index is 5.77. The van der Waals surface area contributed by atoms with Gasteiger partial charge in [0, 0.05) is 26.2 Å². The number of anilines is 3. The SMILES string of the molecule is CNc1cc(N2CCC3(CCCC3)CC2)nc(N)n1. The maximum Gasteiger partial charge on any atom is 0.223 e. The number of nitrogen functional groups attached to an aromatic ring is 1. The fourth-order valence-corrected chi connectivity index (χ4v) is 3.58. The molecule has 5 nitrogen and oxygen atoms in total. The highest BCUT2D eigenvalue weighted by atomic mass is 15.2. The van der Waals surface area contributed by atoms with Crippen molar-refractivity contribution in [2.75, 3.05) is 36.1 Å². The Kier molecular flexibility index (Phi) is 3.21. The average molecular weight is 261 g/mol. The van der Waals surface area contributed by atoms with Gasteiger partial charge in [-0.05, 0) is 31.1 Å². The van der Waals surface area contributed by atoms with Gasteiger partial charge in [-0.2, -0.15) is 9.97 Å². The minimum Gasteiger partial charge on any atom is -0.373 e. The molecule has 1 saturated heterocycles. The molecule has 5 heteroatoms. The van der Waals surface area contributed by atoms with Gasteiger partial charge in [0.15, 0.2) is 0 Å². The largest absolute Gasteiger partial charge is 0.373 e. The molecule has 2 aliphatic rings. The van der Waals surface area contributed by atoms with Crippen LogP contribution in [-0.4, -0.2) is 30.1 Å². The molecule has 1 saturated carbocycles. The van der Waals surface area contributed by atoms with Gasteiger partial charge in [-0.15, -0.1) is 0 Å². The zero-order valence-corrected chi connectivity index (χ0v) is 11.7. The summed E-state index contributed by atoms with van der Waals surface area (Å²) in [6, 6.07) is 1.99. The van der Waals surface area contributed by atoms with E-state index in [4.69, 9.17) is 5.73 Å². The van der Waals surface area contributed by atoms with E-state index in [1.54, 1.807) is 0 Å². The molecular formula is C14H23N5. The minimum atomic E-state index is 0.350. The number of nitrogens with two attached hydrogens (primary N) is 1. The molecule has 19 heavy (non-hydrogen) atoms. The molecule has 2 fully saturated rings. The lowest BCUT2D eigenvalue weighted by atomic mass is 9.77. The van der Waals surface area contributed by atoms with E-state index in [0.717, 1.165) is 24.7 Å². The van der Waals surface area contributed by atoms with E-state index in [9.17, 15) is 0 Å². The Hall–Kier alpha value is -1.52. The average Bonchev–Trinajstić information content (AvgIpc) is 2.87. The molecule has 0 bridgehead atoms. The van der Waals surface area contributed by atoms with E-state index in [2.05, 4.69) is 20.2 Å². The van der Waals surface area contributed by atoms with Crippen molar-refractivity contribution in [3.63, 3.8) is 0 Å². The Morgan fingerprint density at radius 3 is 2.47 bits per heavy atom. The number of nitrogens with one attached hydrogen (secondary N) is 1. The number of hydrogen-bond donors (Lipinski definition) is 2. The molecule has 1 spiro atoms. The van der Waals surface area contributed by atoms with Crippen LogP contribution in [0, 0.1) is 5.41 Å². The number of aromatic nitrogens is 2. The van der Waals surface area contributed by atoms with Gasteiger partial charge in [-0.1, -0.05) is 12.8 Å². The van der Waals surface area contributed by atoms with Crippen molar-refractivity contribution in [2.24, 2.45) is 5.41 Å². The first-order valence-corrected chi connectivity index (χ1v) is 7.28. The quantitative estimate of drug-likeness (QED) is 0.854. The topological polar surface area (TPSA) is 67.1 Å². The predicted octanol–water partition coefficient (Wildman–Crippen LogP) is 2.26. The summed E-state index contributed by atoms with van der Waals surface area (Å²) in [5, 5.41) is 3.04.